The van der Waals surface area contributed by atoms with Crippen molar-refractivity contribution in [1.82, 2.24) is 0 Å². The highest BCUT2D eigenvalue weighted by molar-refractivity contribution is 5.95. The third-order valence-electron chi connectivity index (χ3n) is 3.88. The molecule has 1 aromatic heterocycles. The molecule has 4 nitrogen and oxygen atoms in total. The fraction of sp³-hybridized carbons (Fsp3) is 0.0952. The van der Waals surface area contributed by atoms with Gasteiger partial charge in [0, 0.05) is 17.3 Å². The molecule has 0 saturated heterocycles. The van der Waals surface area contributed by atoms with Crippen LogP contribution in [0.15, 0.2) is 79.1 Å². The second-order valence-corrected chi connectivity index (χ2v) is 5.78. The topological polar surface area (TPSA) is 50.0 Å². The Kier molecular flexibility index (Phi) is 5.00. The number of nitrogens with zero attached hydrogens (tertiary/aromatic N) is 1. The Morgan fingerprint density at radius 3 is 2.40 bits per heavy atom. The highest BCUT2D eigenvalue weighted by Crippen LogP contribution is 2.27. The van der Waals surface area contributed by atoms with Crippen LogP contribution in [0.3, 0.4) is 0 Å². The van der Waals surface area contributed by atoms with Crippen LogP contribution in [0.4, 0.5) is 5.69 Å². The maximum absolute atomic E-state index is 12.4. The quantitative estimate of drug-likeness (QED) is 0.575. The molecule has 124 valence electrons. The number of nitrogens with one attached hydrogen (secondary N) is 1. The SMILES string of the molecule is CC(=O)c1ccc[n+](CC(=O)Nc2ccccc2-c2ccccc2)c1. The summed E-state index contributed by atoms with van der Waals surface area (Å²) >= 11 is 0. The number of amides is 1. The Balaban J connectivity index is 1.78. The number of hydrogen-bond acceptors (Lipinski definition) is 2. The first-order valence-electron chi connectivity index (χ1n) is 8.08. The molecule has 25 heavy (non-hydrogen) atoms. The highest BCUT2D eigenvalue weighted by atomic mass is 16.2. The van der Waals surface area contributed by atoms with Crippen molar-refractivity contribution >= 4 is 17.4 Å². The number of ketones is 1. The van der Waals surface area contributed by atoms with Crippen LogP contribution in [-0.2, 0) is 11.3 Å². The minimum atomic E-state index is -0.144. The molecule has 3 rings (SSSR count). The molecule has 1 N–H and O–H groups in total. The van der Waals surface area contributed by atoms with E-state index in [4.69, 9.17) is 0 Å². The molecule has 0 saturated carbocycles. The molecule has 2 aromatic carbocycles. The summed E-state index contributed by atoms with van der Waals surface area (Å²) in [6, 6.07) is 21.1. The molecule has 1 amide bonds. The molecule has 0 aliphatic carbocycles. The number of para-hydroxylation sites is 1. The van der Waals surface area contributed by atoms with E-state index in [1.54, 1.807) is 29.1 Å². The minimum Gasteiger partial charge on any atom is -0.320 e. The highest BCUT2D eigenvalue weighted by Gasteiger charge is 2.13. The molecule has 0 fully saturated rings. The van der Waals surface area contributed by atoms with Crippen molar-refractivity contribution in [2.75, 3.05) is 5.32 Å². The van der Waals surface area contributed by atoms with Gasteiger partial charge in [-0.25, -0.2) is 0 Å². The fourth-order valence-corrected chi connectivity index (χ4v) is 2.65. The maximum atomic E-state index is 12.4. The zero-order chi connectivity index (χ0) is 17.6. The van der Waals surface area contributed by atoms with Gasteiger partial charge in [0.25, 0.3) is 5.91 Å². The van der Waals surface area contributed by atoms with E-state index < -0.39 is 0 Å². The number of rotatable bonds is 5. The largest absolute Gasteiger partial charge is 0.320 e. The summed E-state index contributed by atoms with van der Waals surface area (Å²) < 4.78 is 1.71. The van der Waals surface area contributed by atoms with Crippen LogP contribution < -0.4 is 9.88 Å². The first-order chi connectivity index (χ1) is 12.1. The molecule has 3 aromatic rings. The van der Waals surface area contributed by atoms with Gasteiger partial charge in [-0.2, -0.15) is 4.57 Å². The van der Waals surface area contributed by atoms with Crippen molar-refractivity contribution in [2.45, 2.75) is 13.5 Å². The Morgan fingerprint density at radius 1 is 0.920 bits per heavy atom. The molecular formula is C21H19N2O2+. The van der Waals surface area contributed by atoms with Gasteiger partial charge in [0.05, 0.1) is 5.56 Å². The number of benzene rings is 2. The van der Waals surface area contributed by atoms with Crippen LogP contribution in [0.1, 0.15) is 17.3 Å². The molecule has 0 unspecified atom stereocenters. The Morgan fingerprint density at radius 2 is 1.64 bits per heavy atom. The first-order valence-corrected chi connectivity index (χ1v) is 8.08. The summed E-state index contributed by atoms with van der Waals surface area (Å²) in [4.78, 5) is 23.9. The molecule has 0 radical (unpaired) electrons. The van der Waals surface area contributed by atoms with E-state index in [-0.39, 0.29) is 18.2 Å². The number of aromatic nitrogens is 1. The number of carbonyl (C=O) groups is 2. The van der Waals surface area contributed by atoms with E-state index in [1.165, 1.54) is 6.92 Å². The van der Waals surface area contributed by atoms with Crippen LogP contribution in [0.25, 0.3) is 11.1 Å². The summed E-state index contributed by atoms with van der Waals surface area (Å²) in [5.74, 6) is -0.168. The third kappa shape index (κ3) is 4.18. The van der Waals surface area contributed by atoms with Crippen molar-refractivity contribution in [1.29, 1.82) is 0 Å². The molecule has 0 spiro atoms. The lowest BCUT2D eigenvalue weighted by molar-refractivity contribution is -0.684. The third-order valence-corrected chi connectivity index (χ3v) is 3.88. The number of anilines is 1. The average Bonchev–Trinajstić information content (AvgIpc) is 2.63. The van der Waals surface area contributed by atoms with E-state index in [0.717, 1.165) is 16.8 Å². The van der Waals surface area contributed by atoms with Gasteiger partial charge in [0.1, 0.15) is 0 Å². The van der Waals surface area contributed by atoms with E-state index in [0.29, 0.717) is 5.56 Å². The normalized spacial score (nSPS) is 10.3. The second kappa shape index (κ2) is 7.53. The lowest BCUT2D eigenvalue weighted by Crippen LogP contribution is -2.40. The molecule has 0 aliphatic heterocycles. The van der Waals surface area contributed by atoms with Gasteiger partial charge < -0.3 is 5.32 Å². The maximum Gasteiger partial charge on any atom is 0.290 e. The summed E-state index contributed by atoms with van der Waals surface area (Å²) in [5.41, 5.74) is 3.37. The Labute approximate surface area is 146 Å². The van der Waals surface area contributed by atoms with E-state index in [2.05, 4.69) is 5.32 Å². The van der Waals surface area contributed by atoms with E-state index in [1.807, 2.05) is 54.6 Å². The van der Waals surface area contributed by atoms with Crippen LogP contribution in [0.2, 0.25) is 0 Å². The number of pyridine rings is 1. The first kappa shape index (κ1) is 16.6. The molecule has 4 heteroatoms. The van der Waals surface area contributed by atoms with Crippen molar-refractivity contribution < 1.29 is 14.2 Å². The van der Waals surface area contributed by atoms with Crippen molar-refractivity contribution in [3.8, 4) is 11.1 Å². The standard InChI is InChI=1S/C21H18N2O2/c1-16(24)18-10-7-13-23(14-18)15-21(25)22-20-12-6-5-11-19(20)17-8-3-2-4-9-17/h2-14H,15H2,1H3/p+1. The van der Waals surface area contributed by atoms with Crippen molar-refractivity contribution in [2.24, 2.45) is 0 Å². The van der Waals surface area contributed by atoms with Crippen molar-refractivity contribution in [3.05, 3.63) is 84.7 Å². The van der Waals surface area contributed by atoms with E-state index >= 15 is 0 Å². The van der Waals surface area contributed by atoms with Gasteiger partial charge in [-0.15, -0.1) is 0 Å². The van der Waals surface area contributed by atoms with Crippen LogP contribution >= 0.6 is 0 Å². The number of carbonyl (C=O) groups excluding carboxylic acids is 2. The van der Waals surface area contributed by atoms with Crippen LogP contribution in [0, 0.1) is 0 Å². The Bertz CT molecular complexity index is 905. The monoisotopic (exact) mass is 331 g/mol. The number of hydrogen-bond donors (Lipinski definition) is 1. The zero-order valence-electron chi connectivity index (χ0n) is 14.0. The van der Waals surface area contributed by atoms with Crippen molar-refractivity contribution in [3.63, 3.8) is 0 Å². The smallest absolute Gasteiger partial charge is 0.290 e. The van der Waals surface area contributed by atoms with Gasteiger partial charge >= 0.3 is 0 Å². The fourth-order valence-electron chi connectivity index (χ4n) is 2.65. The lowest BCUT2D eigenvalue weighted by Gasteiger charge is -2.10. The van der Waals surface area contributed by atoms with Gasteiger partial charge in [0.15, 0.2) is 18.2 Å². The van der Waals surface area contributed by atoms with Crippen LogP contribution in [-0.4, -0.2) is 11.7 Å². The predicted molar refractivity (Wildman–Crippen MR) is 97.1 cm³/mol. The molecule has 1 heterocycles. The van der Waals surface area contributed by atoms with Gasteiger partial charge in [-0.1, -0.05) is 48.5 Å². The van der Waals surface area contributed by atoms with Gasteiger partial charge in [0.2, 0.25) is 6.54 Å². The minimum absolute atomic E-state index is 0.0239. The number of Topliss-reactive ketones (excluding diaryl/α,β-unsaturated/α-hetero) is 1. The van der Waals surface area contributed by atoms with Gasteiger partial charge in [-0.3, -0.25) is 9.59 Å². The summed E-state index contributed by atoms with van der Waals surface area (Å²) in [5, 5.41) is 2.96. The predicted octanol–water partition coefficient (Wildman–Crippen LogP) is 3.48. The molecular weight excluding hydrogens is 312 g/mol. The summed E-state index contributed by atoms with van der Waals surface area (Å²) in [6.07, 6.45) is 3.46. The molecule has 0 atom stereocenters. The molecule has 0 aliphatic rings. The summed E-state index contributed by atoms with van der Waals surface area (Å²) in [6.45, 7) is 1.65. The average molecular weight is 331 g/mol. The van der Waals surface area contributed by atoms with Crippen LogP contribution in [0.5, 0.6) is 0 Å². The molecule has 0 bridgehead atoms. The summed E-state index contributed by atoms with van der Waals surface area (Å²) in [7, 11) is 0. The zero-order valence-corrected chi connectivity index (χ0v) is 14.0. The lowest BCUT2D eigenvalue weighted by atomic mass is 10.0. The van der Waals surface area contributed by atoms with Gasteiger partial charge in [-0.05, 0) is 24.6 Å². The second-order valence-electron chi connectivity index (χ2n) is 5.78. The van der Waals surface area contributed by atoms with E-state index in [9.17, 15) is 9.59 Å². The Hall–Kier alpha value is -3.27.